The number of amides is 2. The normalized spacial score (nSPS) is 22.8. The summed E-state index contributed by atoms with van der Waals surface area (Å²) in [5.41, 5.74) is 0. The predicted octanol–water partition coefficient (Wildman–Crippen LogP) is 0.918. The SMILES string of the molecule is CCN(CCOC)C(=O)NC1CCCC1C(=O)O. The molecule has 2 N–H and O–H groups in total. The standard InChI is InChI=1S/C12H22N2O4/c1-3-14(7-8-18-2)12(17)13-10-6-4-5-9(10)11(15)16/h9-10H,3-8H2,1-2H3,(H,13,17)(H,15,16). The maximum Gasteiger partial charge on any atom is 0.317 e. The van der Waals surface area contributed by atoms with Crippen LogP contribution in [0.2, 0.25) is 0 Å². The highest BCUT2D eigenvalue weighted by atomic mass is 16.5. The first-order valence-electron chi connectivity index (χ1n) is 6.37. The molecule has 1 aliphatic rings. The number of hydrogen-bond donors (Lipinski definition) is 2. The van der Waals surface area contributed by atoms with Crippen LogP contribution >= 0.6 is 0 Å². The van der Waals surface area contributed by atoms with Gasteiger partial charge in [0.1, 0.15) is 0 Å². The summed E-state index contributed by atoms with van der Waals surface area (Å²) in [7, 11) is 1.59. The van der Waals surface area contributed by atoms with E-state index in [1.807, 2.05) is 6.92 Å². The van der Waals surface area contributed by atoms with Crippen molar-refractivity contribution in [3.8, 4) is 0 Å². The number of urea groups is 1. The minimum atomic E-state index is -0.822. The molecule has 18 heavy (non-hydrogen) atoms. The maximum absolute atomic E-state index is 12.0. The molecule has 1 fully saturated rings. The maximum atomic E-state index is 12.0. The molecule has 6 heteroatoms. The second-order valence-electron chi connectivity index (χ2n) is 4.50. The van der Waals surface area contributed by atoms with E-state index in [0.29, 0.717) is 26.1 Å². The Morgan fingerprint density at radius 2 is 2.17 bits per heavy atom. The fourth-order valence-electron chi connectivity index (χ4n) is 2.28. The molecule has 0 saturated heterocycles. The van der Waals surface area contributed by atoms with Crippen LogP contribution in [0.4, 0.5) is 4.79 Å². The molecule has 2 amide bonds. The lowest BCUT2D eigenvalue weighted by molar-refractivity contribution is -0.142. The molecule has 1 aliphatic carbocycles. The van der Waals surface area contributed by atoms with Crippen LogP contribution in [0.5, 0.6) is 0 Å². The monoisotopic (exact) mass is 258 g/mol. The Kier molecular flexibility index (Phi) is 5.91. The molecule has 1 rings (SSSR count). The smallest absolute Gasteiger partial charge is 0.317 e. The number of methoxy groups -OCH3 is 1. The summed E-state index contributed by atoms with van der Waals surface area (Å²) in [4.78, 5) is 24.6. The van der Waals surface area contributed by atoms with E-state index < -0.39 is 11.9 Å². The molecule has 2 atom stereocenters. The second-order valence-corrected chi connectivity index (χ2v) is 4.50. The van der Waals surface area contributed by atoms with Crippen molar-refractivity contribution in [2.75, 3.05) is 26.8 Å². The summed E-state index contributed by atoms with van der Waals surface area (Å²) in [5.74, 6) is -1.27. The molecule has 1 saturated carbocycles. The number of rotatable bonds is 6. The molecule has 0 spiro atoms. The van der Waals surface area contributed by atoms with Crippen molar-refractivity contribution in [2.24, 2.45) is 5.92 Å². The number of aliphatic carboxylic acids is 1. The van der Waals surface area contributed by atoms with Crippen LogP contribution in [0.3, 0.4) is 0 Å². The fourth-order valence-corrected chi connectivity index (χ4v) is 2.28. The van der Waals surface area contributed by atoms with Gasteiger partial charge < -0.3 is 20.1 Å². The number of carboxylic acid groups (broad SMARTS) is 1. The van der Waals surface area contributed by atoms with Crippen molar-refractivity contribution < 1.29 is 19.4 Å². The molecule has 0 aromatic heterocycles. The Hall–Kier alpha value is -1.30. The molecule has 0 heterocycles. The minimum Gasteiger partial charge on any atom is -0.481 e. The van der Waals surface area contributed by atoms with E-state index in [-0.39, 0.29) is 12.1 Å². The van der Waals surface area contributed by atoms with E-state index >= 15 is 0 Å². The Bertz CT molecular complexity index is 296. The Morgan fingerprint density at radius 1 is 1.44 bits per heavy atom. The largest absolute Gasteiger partial charge is 0.481 e. The number of carbonyl (C=O) groups is 2. The van der Waals surface area contributed by atoms with Crippen LogP contribution in [0, 0.1) is 5.92 Å². The lowest BCUT2D eigenvalue weighted by Gasteiger charge is -2.25. The van der Waals surface area contributed by atoms with Gasteiger partial charge in [0.2, 0.25) is 0 Å². The van der Waals surface area contributed by atoms with Gasteiger partial charge in [-0.2, -0.15) is 0 Å². The van der Waals surface area contributed by atoms with Crippen molar-refractivity contribution in [1.82, 2.24) is 10.2 Å². The molecule has 0 aliphatic heterocycles. The van der Waals surface area contributed by atoms with E-state index in [1.54, 1.807) is 12.0 Å². The average molecular weight is 258 g/mol. The van der Waals surface area contributed by atoms with Gasteiger partial charge >= 0.3 is 12.0 Å². The Morgan fingerprint density at radius 3 is 2.72 bits per heavy atom. The van der Waals surface area contributed by atoms with Crippen molar-refractivity contribution in [1.29, 1.82) is 0 Å². The summed E-state index contributed by atoms with van der Waals surface area (Å²) in [6, 6.07) is -0.445. The van der Waals surface area contributed by atoms with Crippen molar-refractivity contribution in [3.05, 3.63) is 0 Å². The lowest BCUT2D eigenvalue weighted by Crippen LogP contribution is -2.48. The highest BCUT2D eigenvalue weighted by Crippen LogP contribution is 2.25. The van der Waals surface area contributed by atoms with Crippen LogP contribution in [0.1, 0.15) is 26.2 Å². The number of nitrogens with zero attached hydrogens (tertiary/aromatic N) is 1. The zero-order chi connectivity index (χ0) is 13.5. The molecule has 104 valence electrons. The van der Waals surface area contributed by atoms with Crippen molar-refractivity contribution in [2.45, 2.75) is 32.2 Å². The van der Waals surface area contributed by atoms with Gasteiger partial charge in [0.25, 0.3) is 0 Å². The van der Waals surface area contributed by atoms with Crippen LogP contribution in [-0.4, -0.2) is 54.9 Å². The first kappa shape index (κ1) is 14.8. The Balaban J connectivity index is 2.49. The lowest BCUT2D eigenvalue weighted by atomic mass is 10.0. The van der Waals surface area contributed by atoms with E-state index in [0.717, 1.165) is 12.8 Å². The number of likely N-dealkylation sites (N-methyl/N-ethyl adjacent to an activating group) is 1. The van der Waals surface area contributed by atoms with Crippen LogP contribution < -0.4 is 5.32 Å². The molecule has 2 unspecified atom stereocenters. The van der Waals surface area contributed by atoms with Crippen LogP contribution in [0.15, 0.2) is 0 Å². The van der Waals surface area contributed by atoms with Crippen molar-refractivity contribution >= 4 is 12.0 Å². The van der Waals surface area contributed by atoms with Gasteiger partial charge in [-0.15, -0.1) is 0 Å². The first-order chi connectivity index (χ1) is 8.60. The summed E-state index contributed by atoms with van der Waals surface area (Å²) >= 11 is 0. The van der Waals surface area contributed by atoms with Crippen LogP contribution in [-0.2, 0) is 9.53 Å². The van der Waals surface area contributed by atoms with Crippen LogP contribution in [0.25, 0.3) is 0 Å². The van der Waals surface area contributed by atoms with E-state index in [9.17, 15) is 9.59 Å². The zero-order valence-corrected chi connectivity index (χ0v) is 11.0. The number of carboxylic acids is 1. The van der Waals surface area contributed by atoms with Gasteiger partial charge in [0.15, 0.2) is 0 Å². The number of hydrogen-bond acceptors (Lipinski definition) is 3. The summed E-state index contributed by atoms with van der Waals surface area (Å²) < 4.78 is 4.94. The molecule has 0 aromatic rings. The second kappa shape index (κ2) is 7.20. The van der Waals surface area contributed by atoms with Gasteiger partial charge in [-0.3, -0.25) is 4.79 Å². The van der Waals surface area contributed by atoms with E-state index in [1.165, 1.54) is 0 Å². The molecule has 6 nitrogen and oxygen atoms in total. The average Bonchev–Trinajstić information content (AvgIpc) is 2.78. The quantitative estimate of drug-likeness (QED) is 0.742. The number of ether oxygens (including phenoxy) is 1. The molecule has 0 radical (unpaired) electrons. The van der Waals surface area contributed by atoms with Gasteiger partial charge in [0.05, 0.1) is 12.5 Å². The summed E-state index contributed by atoms with van der Waals surface area (Å²) in [6.07, 6.45) is 2.24. The third-order valence-electron chi connectivity index (χ3n) is 3.38. The van der Waals surface area contributed by atoms with Gasteiger partial charge in [-0.25, -0.2) is 4.79 Å². The molecular formula is C12H22N2O4. The van der Waals surface area contributed by atoms with Gasteiger partial charge in [-0.1, -0.05) is 6.42 Å². The van der Waals surface area contributed by atoms with Crippen molar-refractivity contribution in [3.63, 3.8) is 0 Å². The minimum absolute atomic E-state index is 0.201. The topological polar surface area (TPSA) is 78.9 Å². The molecule has 0 bridgehead atoms. The molecule has 0 aromatic carbocycles. The third-order valence-corrected chi connectivity index (χ3v) is 3.38. The van der Waals surface area contributed by atoms with E-state index in [4.69, 9.17) is 9.84 Å². The van der Waals surface area contributed by atoms with E-state index in [2.05, 4.69) is 5.32 Å². The highest BCUT2D eigenvalue weighted by molar-refractivity contribution is 5.77. The Labute approximate surface area is 107 Å². The predicted molar refractivity (Wildman–Crippen MR) is 66.4 cm³/mol. The third kappa shape index (κ3) is 3.87. The molecular weight excluding hydrogens is 236 g/mol. The number of nitrogens with one attached hydrogen (secondary N) is 1. The van der Waals surface area contributed by atoms with Gasteiger partial charge in [0, 0.05) is 26.2 Å². The highest BCUT2D eigenvalue weighted by Gasteiger charge is 2.34. The van der Waals surface area contributed by atoms with Gasteiger partial charge in [-0.05, 0) is 19.8 Å². The first-order valence-corrected chi connectivity index (χ1v) is 6.37. The fraction of sp³-hybridized carbons (Fsp3) is 0.833. The number of carbonyl (C=O) groups excluding carboxylic acids is 1. The summed E-state index contributed by atoms with van der Waals surface area (Å²) in [5, 5.41) is 11.9. The summed E-state index contributed by atoms with van der Waals surface area (Å²) in [6.45, 7) is 3.47. The zero-order valence-electron chi connectivity index (χ0n) is 11.0.